The standard InChI is InChI=1S/C16H16BrN3O3/c1-11-3-2-4-12(7-11)15-14(16(21)22)20(6-5-17,10-23-15)13-8-18-19-9-13/h2-4,7-9H,5-6,10H2,1H3,(H-,18,19,21,22)/p+1. The molecule has 23 heavy (non-hydrogen) atoms. The largest absolute Gasteiger partial charge is 0.474 e. The molecule has 2 heterocycles. The zero-order chi connectivity index (χ0) is 16.4. The van der Waals surface area contributed by atoms with Crippen LogP contribution >= 0.6 is 15.9 Å². The van der Waals surface area contributed by atoms with Crippen LogP contribution in [0.5, 0.6) is 0 Å². The van der Waals surface area contributed by atoms with E-state index in [0.29, 0.717) is 17.6 Å². The Bertz CT molecular complexity index is 758. The average Bonchev–Trinajstić information content (AvgIpc) is 3.15. The van der Waals surface area contributed by atoms with Gasteiger partial charge in [0.15, 0.2) is 5.69 Å². The Hall–Kier alpha value is -2.12. The number of aliphatic carboxylic acids is 1. The third kappa shape index (κ3) is 2.66. The summed E-state index contributed by atoms with van der Waals surface area (Å²) in [6.07, 6.45) is 3.36. The number of carboxylic acid groups (broad SMARTS) is 1. The number of aryl methyl sites for hydroxylation is 1. The minimum absolute atomic E-state index is 0.0976. The number of H-pyrrole nitrogens is 1. The van der Waals surface area contributed by atoms with Crippen LogP contribution in [0.4, 0.5) is 5.69 Å². The molecule has 1 unspecified atom stereocenters. The van der Waals surface area contributed by atoms with Crippen LogP contribution in [0.25, 0.3) is 5.76 Å². The molecule has 0 amide bonds. The number of alkyl halides is 1. The molecule has 6 nitrogen and oxygen atoms in total. The summed E-state index contributed by atoms with van der Waals surface area (Å²) in [5, 5.41) is 17.2. The van der Waals surface area contributed by atoms with Gasteiger partial charge in [0.1, 0.15) is 12.7 Å². The molecule has 3 rings (SSSR count). The number of benzene rings is 1. The molecule has 1 aliphatic heterocycles. The topological polar surface area (TPSA) is 75.2 Å². The number of nitrogens with one attached hydrogen (secondary N) is 1. The SMILES string of the molecule is Cc1cccc(C2=C(C(=O)O)[N+](CCBr)(c3cn[nH]c3)CO2)c1. The number of ether oxygens (including phenoxy) is 1. The van der Waals surface area contributed by atoms with Gasteiger partial charge in [-0.05, 0) is 13.0 Å². The first-order valence-electron chi connectivity index (χ1n) is 7.19. The third-order valence-corrected chi connectivity index (χ3v) is 4.35. The quantitative estimate of drug-likeness (QED) is 0.619. The molecule has 0 saturated heterocycles. The first-order chi connectivity index (χ1) is 11.1. The maximum atomic E-state index is 12.1. The van der Waals surface area contributed by atoms with Crippen LogP contribution in [-0.2, 0) is 9.53 Å². The van der Waals surface area contributed by atoms with Crippen LogP contribution in [0.2, 0.25) is 0 Å². The first kappa shape index (κ1) is 15.8. The van der Waals surface area contributed by atoms with Crippen molar-refractivity contribution in [2.45, 2.75) is 6.92 Å². The molecule has 0 fully saturated rings. The highest BCUT2D eigenvalue weighted by Crippen LogP contribution is 2.39. The van der Waals surface area contributed by atoms with Crippen molar-refractivity contribution in [1.82, 2.24) is 14.7 Å². The Morgan fingerprint density at radius 3 is 2.96 bits per heavy atom. The van der Waals surface area contributed by atoms with Gasteiger partial charge in [-0.15, -0.1) is 0 Å². The number of rotatable bonds is 5. The van der Waals surface area contributed by atoms with Crippen LogP contribution in [0.15, 0.2) is 42.4 Å². The van der Waals surface area contributed by atoms with E-state index >= 15 is 0 Å². The van der Waals surface area contributed by atoms with Gasteiger partial charge < -0.3 is 9.84 Å². The van der Waals surface area contributed by atoms with Gasteiger partial charge in [0.2, 0.25) is 12.5 Å². The zero-order valence-electron chi connectivity index (χ0n) is 12.6. The van der Waals surface area contributed by atoms with E-state index in [1.54, 1.807) is 12.4 Å². The van der Waals surface area contributed by atoms with Crippen LogP contribution in [0, 0.1) is 6.92 Å². The highest BCUT2D eigenvalue weighted by atomic mass is 79.9. The smallest absolute Gasteiger partial charge is 0.395 e. The second kappa shape index (κ2) is 6.17. The molecule has 1 aliphatic rings. The fraction of sp³-hybridized carbons (Fsp3) is 0.250. The maximum Gasteiger partial charge on any atom is 0.395 e. The van der Waals surface area contributed by atoms with Crippen molar-refractivity contribution in [3.8, 4) is 0 Å². The Labute approximate surface area is 142 Å². The number of aromatic nitrogens is 2. The summed E-state index contributed by atoms with van der Waals surface area (Å²) >= 11 is 3.43. The van der Waals surface area contributed by atoms with Gasteiger partial charge in [0, 0.05) is 5.56 Å². The van der Waals surface area contributed by atoms with Crippen molar-refractivity contribution in [2.75, 3.05) is 18.6 Å². The summed E-state index contributed by atoms with van der Waals surface area (Å²) in [6, 6.07) is 7.67. The molecule has 1 aromatic heterocycles. The molecule has 1 aromatic carbocycles. The van der Waals surface area contributed by atoms with E-state index in [9.17, 15) is 9.90 Å². The second-order valence-electron chi connectivity index (χ2n) is 5.46. The Morgan fingerprint density at radius 1 is 1.52 bits per heavy atom. The molecule has 0 saturated carbocycles. The molecular formula is C16H17BrN3O3+. The van der Waals surface area contributed by atoms with Gasteiger partial charge in [-0.1, -0.05) is 39.7 Å². The van der Waals surface area contributed by atoms with Crippen molar-refractivity contribution in [1.29, 1.82) is 0 Å². The molecule has 2 aromatic rings. The molecule has 2 N–H and O–H groups in total. The van der Waals surface area contributed by atoms with Crippen molar-refractivity contribution in [3.63, 3.8) is 0 Å². The average molecular weight is 379 g/mol. The number of halogens is 1. The lowest BCUT2D eigenvalue weighted by Gasteiger charge is -2.29. The summed E-state index contributed by atoms with van der Waals surface area (Å²) < 4.78 is 5.97. The molecule has 0 aliphatic carbocycles. The van der Waals surface area contributed by atoms with E-state index in [2.05, 4.69) is 26.1 Å². The van der Waals surface area contributed by atoms with E-state index < -0.39 is 5.97 Å². The van der Waals surface area contributed by atoms with E-state index in [-0.39, 0.29) is 16.9 Å². The summed E-state index contributed by atoms with van der Waals surface area (Å²) in [7, 11) is 0. The van der Waals surface area contributed by atoms with Crippen LogP contribution < -0.4 is 4.48 Å². The highest BCUT2D eigenvalue weighted by molar-refractivity contribution is 9.09. The predicted octanol–water partition coefficient (Wildman–Crippen LogP) is 2.86. The fourth-order valence-electron chi connectivity index (χ4n) is 2.92. The monoisotopic (exact) mass is 378 g/mol. The molecule has 0 bridgehead atoms. The third-order valence-electron chi connectivity index (χ3n) is 4.00. The van der Waals surface area contributed by atoms with Crippen molar-refractivity contribution < 1.29 is 14.6 Å². The number of carboxylic acids is 1. The number of carbonyl (C=O) groups is 1. The van der Waals surface area contributed by atoms with Crippen molar-refractivity contribution >= 4 is 33.3 Å². The number of quaternary nitrogens is 1. The number of hydrogen-bond donors (Lipinski definition) is 2. The molecule has 0 radical (unpaired) electrons. The lowest BCUT2D eigenvalue weighted by molar-refractivity contribution is -0.134. The first-order valence-corrected chi connectivity index (χ1v) is 8.31. The lowest BCUT2D eigenvalue weighted by Crippen LogP contribution is -2.49. The minimum Gasteiger partial charge on any atom is -0.474 e. The summed E-state index contributed by atoms with van der Waals surface area (Å²) in [4.78, 5) is 12.1. The number of aromatic amines is 1. The predicted molar refractivity (Wildman–Crippen MR) is 90.7 cm³/mol. The summed E-state index contributed by atoms with van der Waals surface area (Å²) in [5.41, 5.74) is 2.83. The molecule has 0 spiro atoms. The molecule has 1 atom stereocenters. The normalized spacial score (nSPS) is 20.6. The van der Waals surface area contributed by atoms with E-state index in [1.807, 2.05) is 31.2 Å². The van der Waals surface area contributed by atoms with Crippen LogP contribution in [-0.4, -0.2) is 39.9 Å². The van der Waals surface area contributed by atoms with Crippen molar-refractivity contribution in [2.24, 2.45) is 0 Å². The van der Waals surface area contributed by atoms with E-state index in [1.165, 1.54) is 0 Å². The van der Waals surface area contributed by atoms with Gasteiger partial charge in [-0.25, -0.2) is 9.28 Å². The summed E-state index contributed by atoms with van der Waals surface area (Å²) in [5.74, 6) is -0.565. The van der Waals surface area contributed by atoms with Crippen LogP contribution in [0.3, 0.4) is 0 Å². The van der Waals surface area contributed by atoms with Gasteiger partial charge in [0.25, 0.3) is 5.70 Å². The van der Waals surface area contributed by atoms with Gasteiger partial charge >= 0.3 is 5.97 Å². The molecule has 120 valence electrons. The minimum atomic E-state index is -0.985. The van der Waals surface area contributed by atoms with Crippen molar-refractivity contribution in [3.05, 3.63) is 53.5 Å². The summed E-state index contributed by atoms with van der Waals surface area (Å²) in [6.45, 7) is 2.75. The second-order valence-corrected chi connectivity index (χ2v) is 6.26. The van der Waals surface area contributed by atoms with Gasteiger partial charge in [-0.2, -0.15) is 5.10 Å². The molecular weight excluding hydrogens is 362 g/mol. The van der Waals surface area contributed by atoms with Gasteiger partial charge in [-0.3, -0.25) is 5.10 Å². The fourth-order valence-corrected chi connectivity index (χ4v) is 3.53. The highest BCUT2D eigenvalue weighted by Gasteiger charge is 2.49. The van der Waals surface area contributed by atoms with E-state index in [0.717, 1.165) is 16.8 Å². The van der Waals surface area contributed by atoms with Crippen LogP contribution in [0.1, 0.15) is 11.1 Å². The van der Waals surface area contributed by atoms with E-state index in [4.69, 9.17) is 4.74 Å². The zero-order valence-corrected chi connectivity index (χ0v) is 14.2. The Kier molecular flexibility index (Phi) is 4.23. The number of hydrogen-bond acceptors (Lipinski definition) is 3. The Balaban J connectivity index is 2.21. The van der Waals surface area contributed by atoms with Gasteiger partial charge in [0.05, 0.1) is 11.5 Å². The lowest BCUT2D eigenvalue weighted by atomic mass is 10.1. The maximum absolute atomic E-state index is 12.1. The molecule has 7 heteroatoms. The Morgan fingerprint density at radius 2 is 2.35 bits per heavy atom. The number of nitrogens with zero attached hydrogens (tertiary/aromatic N) is 2.